The van der Waals surface area contributed by atoms with Gasteiger partial charge in [-0.05, 0) is 58.8 Å². The van der Waals surface area contributed by atoms with Crippen LogP contribution in [0.25, 0.3) is 26.7 Å². The molecule has 0 aliphatic rings. The lowest BCUT2D eigenvalue weighted by atomic mass is 10.0. The number of benzene rings is 2. The van der Waals surface area contributed by atoms with Crippen molar-refractivity contribution < 1.29 is 9.53 Å². The van der Waals surface area contributed by atoms with Gasteiger partial charge in [0.2, 0.25) is 0 Å². The third-order valence-electron chi connectivity index (χ3n) is 5.52. The molecule has 0 saturated heterocycles. The van der Waals surface area contributed by atoms with E-state index in [4.69, 9.17) is 4.74 Å². The maximum Gasteiger partial charge on any atom is 0.263 e. The number of carbonyl (C=O) groups excluding carboxylic acids is 1. The molecule has 1 N–H and O–H groups in total. The standard InChI is InChI=1S/C28H20N2O3S/c1-33-22-11-5-10-21(17-22)23-18-24(27(31)29-14-6-9-19-7-3-2-4-8-19)25-26-20(13-16-34-26)12-15-30(25)28(23)32/h2-5,7-8,10-13,15-18H,14H2,1H3,(H,29,31). The first-order chi connectivity index (χ1) is 16.7. The third kappa shape index (κ3) is 4.05. The second-order valence-electron chi connectivity index (χ2n) is 7.60. The van der Waals surface area contributed by atoms with Gasteiger partial charge in [0.05, 0.1) is 29.4 Å². The zero-order valence-electron chi connectivity index (χ0n) is 18.4. The van der Waals surface area contributed by atoms with Crippen LogP contribution in [0.4, 0.5) is 0 Å². The van der Waals surface area contributed by atoms with E-state index < -0.39 is 0 Å². The Hall–Kier alpha value is -4.34. The fourth-order valence-electron chi connectivity index (χ4n) is 3.87. The number of aromatic nitrogens is 1. The van der Waals surface area contributed by atoms with Gasteiger partial charge < -0.3 is 10.1 Å². The number of hydrogen-bond donors (Lipinski definition) is 1. The van der Waals surface area contributed by atoms with Crippen LogP contribution in [0.2, 0.25) is 0 Å². The van der Waals surface area contributed by atoms with Crippen molar-refractivity contribution in [3.63, 3.8) is 0 Å². The molecule has 5 rings (SSSR count). The summed E-state index contributed by atoms with van der Waals surface area (Å²) in [6.07, 6.45) is 1.72. The summed E-state index contributed by atoms with van der Waals surface area (Å²) in [6, 6.07) is 22.4. The first-order valence-electron chi connectivity index (χ1n) is 10.7. The van der Waals surface area contributed by atoms with E-state index in [1.165, 1.54) is 11.3 Å². The van der Waals surface area contributed by atoms with Gasteiger partial charge in [-0.1, -0.05) is 42.2 Å². The Morgan fingerprint density at radius 2 is 1.91 bits per heavy atom. The number of hydrogen-bond acceptors (Lipinski definition) is 4. The van der Waals surface area contributed by atoms with E-state index in [9.17, 15) is 9.59 Å². The van der Waals surface area contributed by atoms with Crippen LogP contribution >= 0.6 is 11.3 Å². The highest BCUT2D eigenvalue weighted by molar-refractivity contribution is 7.18. The van der Waals surface area contributed by atoms with E-state index in [-0.39, 0.29) is 18.0 Å². The summed E-state index contributed by atoms with van der Waals surface area (Å²) in [5.74, 6) is 6.38. The van der Waals surface area contributed by atoms with Gasteiger partial charge in [-0.15, -0.1) is 11.3 Å². The Morgan fingerprint density at radius 1 is 1.06 bits per heavy atom. The van der Waals surface area contributed by atoms with Crippen molar-refractivity contribution >= 4 is 32.8 Å². The summed E-state index contributed by atoms with van der Waals surface area (Å²) in [7, 11) is 1.58. The van der Waals surface area contributed by atoms with Crippen molar-refractivity contribution in [1.82, 2.24) is 9.72 Å². The number of methoxy groups -OCH3 is 1. The molecule has 0 spiro atoms. The number of nitrogens with zero attached hydrogens (tertiary/aromatic N) is 1. The first-order valence-corrected chi connectivity index (χ1v) is 11.6. The molecule has 1 amide bonds. The zero-order valence-corrected chi connectivity index (χ0v) is 19.2. The van der Waals surface area contributed by atoms with Crippen LogP contribution in [0.3, 0.4) is 0 Å². The molecule has 3 heterocycles. The first kappa shape index (κ1) is 21.5. The monoisotopic (exact) mass is 464 g/mol. The molecule has 0 bridgehead atoms. The summed E-state index contributed by atoms with van der Waals surface area (Å²) in [6.45, 7) is 0.188. The van der Waals surface area contributed by atoms with Gasteiger partial charge in [0.1, 0.15) is 5.75 Å². The minimum atomic E-state index is -0.287. The van der Waals surface area contributed by atoms with Crippen LogP contribution in [0.15, 0.2) is 89.2 Å². The summed E-state index contributed by atoms with van der Waals surface area (Å²) < 4.78 is 7.77. The summed E-state index contributed by atoms with van der Waals surface area (Å²) >= 11 is 1.50. The molecule has 0 saturated carbocycles. The van der Waals surface area contributed by atoms with E-state index in [1.807, 2.05) is 66.0 Å². The van der Waals surface area contributed by atoms with Crippen molar-refractivity contribution in [1.29, 1.82) is 0 Å². The van der Waals surface area contributed by atoms with E-state index in [0.29, 0.717) is 28.0 Å². The maximum atomic E-state index is 13.5. The molecular weight excluding hydrogens is 444 g/mol. The smallest absolute Gasteiger partial charge is 0.263 e. The Labute approximate surface area is 200 Å². The zero-order chi connectivity index (χ0) is 23.5. The van der Waals surface area contributed by atoms with Gasteiger partial charge in [-0.3, -0.25) is 14.0 Å². The van der Waals surface area contributed by atoms with Crippen LogP contribution in [0.1, 0.15) is 15.9 Å². The third-order valence-corrected chi connectivity index (χ3v) is 6.45. The Morgan fingerprint density at radius 3 is 2.74 bits per heavy atom. The minimum Gasteiger partial charge on any atom is -0.497 e. The molecule has 0 radical (unpaired) electrons. The highest BCUT2D eigenvalue weighted by atomic mass is 32.1. The van der Waals surface area contributed by atoms with Gasteiger partial charge in [-0.25, -0.2) is 0 Å². The molecule has 166 valence electrons. The predicted molar refractivity (Wildman–Crippen MR) is 137 cm³/mol. The number of rotatable bonds is 4. The normalized spacial score (nSPS) is 10.6. The van der Waals surface area contributed by atoms with Gasteiger partial charge >= 0.3 is 0 Å². The van der Waals surface area contributed by atoms with Crippen LogP contribution in [0, 0.1) is 11.8 Å². The molecule has 34 heavy (non-hydrogen) atoms. The molecule has 3 aromatic heterocycles. The Balaban J connectivity index is 1.61. The number of fused-ring (bicyclic) bond motifs is 3. The van der Waals surface area contributed by atoms with Crippen molar-refractivity contribution in [2.45, 2.75) is 0 Å². The highest BCUT2D eigenvalue weighted by Crippen LogP contribution is 2.30. The van der Waals surface area contributed by atoms with Gasteiger partial charge in [0.25, 0.3) is 11.5 Å². The van der Waals surface area contributed by atoms with Crippen LogP contribution < -0.4 is 15.6 Å². The van der Waals surface area contributed by atoms with Gasteiger partial charge in [0.15, 0.2) is 0 Å². The van der Waals surface area contributed by atoms with Crippen molar-refractivity contribution in [2.24, 2.45) is 0 Å². The molecule has 0 atom stereocenters. The number of ether oxygens (including phenoxy) is 1. The average Bonchev–Trinajstić information content (AvgIpc) is 3.36. The fourth-order valence-corrected chi connectivity index (χ4v) is 4.81. The van der Waals surface area contributed by atoms with Crippen molar-refractivity contribution in [3.05, 3.63) is 106 Å². The lowest BCUT2D eigenvalue weighted by Gasteiger charge is -2.12. The summed E-state index contributed by atoms with van der Waals surface area (Å²) in [5, 5.41) is 5.83. The lowest BCUT2D eigenvalue weighted by molar-refractivity contribution is 0.0960. The minimum absolute atomic E-state index is 0.188. The topological polar surface area (TPSA) is 59.8 Å². The number of thiophene rings is 1. The average molecular weight is 465 g/mol. The SMILES string of the molecule is COc1cccc(-c2cc(C(=O)NCC#Cc3ccccc3)c3c4sccc4ccn3c2=O)c1. The molecule has 6 heteroatoms. The molecule has 0 aliphatic heterocycles. The van der Waals surface area contributed by atoms with E-state index >= 15 is 0 Å². The number of amides is 1. The Bertz CT molecular complexity index is 1640. The highest BCUT2D eigenvalue weighted by Gasteiger charge is 2.19. The van der Waals surface area contributed by atoms with Crippen LogP contribution in [-0.2, 0) is 0 Å². The maximum absolute atomic E-state index is 13.5. The number of carbonyl (C=O) groups is 1. The molecule has 0 unspecified atom stereocenters. The number of nitrogens with one attached hydrogen (secondary N) is 1. The quantitative estimate of drug-likeness (QED) is 0.382. The van der Waals surface area contributed by atoms with E-state index in [1.54, 1.807) is 29.8 Å². The predicted octanol–water partition coefficient (Wildman–Crippen LogP) is 4.97. The van der Waals surface area contributed by atoms with Crippen LogP contribution in [0.5, 0.6) is 5.75 Å². The second kappa shape index (κ2) is 9.26. The summed E-state index contributed by atoms with van der Waals surface area (Å²) in [5.41, 5.74) is 2.81. The van der Waals surface area contributed by atoms with Crippen molar-refractivity contribution in [3.8, 4) is 28.7 Å². The van der Waals surface area contributed by atoms with Crippen LogP contribution in [-0.4, -0.2) is 24.0 Å². The number of pyridine rings is 2. The van der Waals surface area contributed by atoms with Crippen molar-refractivity contribution in [2.75, 3.05) is 13.7 Å². The molecule has 5 nitrogen and oxygen atoms in total. The molecule has 2 aromatic carbocycles. The molecule has 5 aromatic rings. The fraction of sp³-hybridized carbons (Fsp3) is 0.0714. The molecular formula is C28H20N2O3S. The Kier molecular flexibility index (Phi) is 5.86. The second-order valence-corrected chi connectivity index (χ2v) is 8.51. The van der Waals surface area contributed by atoms with E-state index in [0.717, 1.165) is 15.6 Å². The van der Waals surface area contributed by atoms with E-state index in [2.05, 4.69) is 17.2 Å². The largest absolute Gasteiger partial charge is 0.497 e. The summed E-state index contributed by atoms with van der Waals surface area (Å²) in [4.78, 5) is 26.8. The lowest BCUT2D eigenvalue weighted by Crippen LogP contribution is -2.27. The molecule has 0 aliphatic carbocycles. The van der Waals surface area contributed by atoms with Gasteiger partial charge in [0, 0.05) is 17.3 Å². The van der Waals surface area contributed by atoms with Gasteiger partial charge in [-0.2, -0.15) is 0 Å². The molecule has 0 fully saturated rings.